The number of hydrogen-bond donors (Lipinski definition) is 1. The van der Waals surface area contributed by atoms with Gasteiger partial charge in [-0.3, -0.25) is 0 Å². The van der Waals surface area contributed by atoms with Crippen LogP contribution in [0.1, 0.15) is 18.1 Å². The first-order valence-corrected chi connectivity index (χ1v) is 9.74. The molecular formula is C20H17F3N4S. The Kier molecular flexibility index (Phi) is 4.89. The van der Waals surface area contributed by atoms with Crippen LogP contribution in [0.5, 0.6) is 0 Å². The molecule has 4 aromatic rings. The number of para-hydroxylation sites is 1. The lowest BCUT2D eigenvalue weighted by atomic mass is 10.1. The van der Waals surface area contributed by atoms with Gasteiger partial charge >= 0.3 is 6.18 Å². The molecule has 8 heteroatoms. The minimum Gasteiger partial charge on any atom is -0.360 e. The lowest BCUT2D eigenvalue weighted by molar-refractivity contribution is -0.137. The summed E-state index contributed by atoms with van der Waals surface area (Å²) in [7, 11) is 0. The second-order valence-electron chi connectivity index (χ2n) is 6.29. The number of nitrogens with zero attached hydrogens (tertiary/aromatic N) is 3. The smallest absolute Gasteiger partial charge is 0.360 e. The van der Waals surface area contributed by atoms with Crippen LogP contribution in [-0.2, 0) is 18.5 Å². The zero-order chi connectivity index (χ0) is 19.7. The summed E-state index contributed by atoms with van der Waals surface area (Å²) < 4.78 is 40.7. The molecular weight excluding hydrogens is 385 g/mol. The summed E-state index contributed by atoms with van der Waals surface area (Å²) >= 11 is 1.38. The average molecular weight is 402 g/mol. The summed E-state index contributed by atoms with van der Waals surface area (Å²) in [6.45, 7) is 2.66. The zero-order valence-corrected chi connectivity index (χ0v) is 15.8. The Bertz CT molecular complexity index is 1110. The molecule has 2 aromatic heterocycles. The third kappa shape index (κ3) is 3.52. The maximum Gasteiger partial charge on any atom is 0.416 e. The van der Waals surface area contributed by atoms with Crippen LogP contribution in [0.15, 0.2) is 59.9 Å². The highest BCUT2D eigenvalue weighted by Gasteiger charge is 2.30. The van der Waals surface area contributed by atoms with Crippen LogP contribution in [0, 0.1) is 0 Å². The number of H-pyrrole nitrogens is 1. The molecule has 2 heterocycles. The van der Waals surface area contributed by atoms with E-state index >= 15 is 0 Å². The number of hydrogen-bond acceptors (Lipinski definition) is 3. The molecule has 0 aliphatic rings. The van der Waals surface area contributed by atoms with E-state index in [-0.39, 0.29) is 0 Å². The number of alkyl halides is 3. The molecule has 0 amide bonds. The van der Waals surface area contributed by atoms with Crippen molar-refractivity contribution in [1.29, 1.82) is 0 Å². The number of nitrogens with one attached hydrogen (secondary N) is 1. The minimum absolute atomic E-state index is 0.385. The van der Waals surface area contributed by atoms with Crippen LogP contribution < -0.4 is 0 Å². The fraction of sp³-hybridized carbons (Fsp3) is 0.200. The molecule has 0 aliphatic carbocycles. The third-order valence-corrected chi connectivity index (χ3v) is 5.52. The van der Waals surface area contributed by atoms with Crippen molar-refractivity contribution in [1.82, 2.24) is 19.7 Å². The monoisotopic (exact) mass is 402 g/mol. The third-order valence-electron chi connectivity index (χ3n) is 4.49. The van der Waals surface area contributed by atoms with Gasteiger partial charge in [0.1, 0.15) is 0 Å². The minimum atomic E-state index is -4.34. The predicted octanol–water partition coefficient (Wildman–Crippen LogP) is 5.76. The van der Waals surface area contributed by atoms with Crippen LogP contribution in [0.25, 0.3) is 22.3 Å². The SMILES string of the molecule is CCn1c(SCc2cccc(C(F)(F)F)c2)nnc1-c1c[nH]c2ccccc12. The Morgan fingerprint density at radius 2 is 1.89 bits per heavy atom. The van der Waals surface area contributed by atoms with Gasteiger partial charge < -0.3 is 9.55 Å². The Hall–Kier alpha value is -2.74. The van der Waals surface area contributed by atoms with E-state index in [0.717, 1.165) is 28.4 Å². The van der Waals surface area contributed by atoms with Crippen molar-refractivity contribution in [3.8, 4) is 11.4 Å². The maximum absolute atomic E-state index is 12.9. The molecule has 0 aliphatic heterocycles. The molecule has 4 nitrogen and oxygen atoms in total. The molecule has 0 atom stereocenters. The number of halogens is 3. The molecule has 2 aromatic carbocycles. The van der Waals surface area contributed by atoms with Gasteiger partial charge in [-0.15, -0.1) is 10.2 Å². The number of rotatable bonds is 5. The standard InChI is InChI=1S/C20H17F3N4S/c1-2-27-18(16-11-24-17-9-4-3-8-15(16)17)25-26-19(27)28-12-13-6-5-7-14(10-13)20(21,22)23/h3-11,24H,2,12H2,1H3. The molecule has 0 fully saturated rings. The first-order valence-electron chi connectivity index (χ1n) is 8.76. The molecule has 144 valence electrons. The van der Waals surface area contributed by atoms with Crippen molar-refractivity contribution in [2.24, 2.45) is 0 Å². The Balaban J connectivity index is 1.60. The summed E-state index contributed by atoms with van der Waals surface area (Å²) in [6, 6.07) is 13.3. The van der Waals surface area contributed by atoms with Gasteiger partial charge in [-0.05, 0) is 24.6 Å². The van der Waals surface area contributed by atoms with Crippen molar-refractivity contribution in [2.45, 2.75) is 30.6 Å². The topological polar surface area (TPSA) is 46.5 Å². The van der Waals surface area contributed by atoms with E-state index in [9.17, 15) is 13.2 Å². The van der Waals surface area contributed by atoms with Gasteiger partial charge in [-0.1, -0.05) is 48.2 Å². The molecule has 4 rings (SSSR count). The van der Waals surface area contributed by atoms with Crippen molar-refractivity contribution in [2.75, 3.05) is 0 Å². The fourth-order valence-corrected chi connectivity index (χ4v) is 4.07. The zero-order valence-electron chi connectivity index (χ0n) is 15.0. The van der Waals surface area contributed by atoms with Crippen LogP contribution in [0.3, 0.4) is 0 Å². The molecule has 0 spiro atoms. The lowest BCUT2D eigenvalue weighted by Crippen LogP contribution is -2.05. The van der Waals surface area contributed by atoms with E-state index in [1.54, 1.807) is 6.07 Å². The van der Waals surface area contributed by atoms with Gasteiger partial charge in [-0.25, -0.2) is 0 Å². The summed E-state index contributed by atoms with van der Waals surface area (Å²) in [5, 5.41) is 10.4. The van der Waals surface area contributed by atoms with Crippen LogP contribution in [-0.4, -0.2) is 19.7 Å². The highest BCUT2D eigenvalue weighted by molar-refractivity contribution is 7.98. The van der Waals surface area contributed by atoms with E-state index < -0.39 is 11.7 Å². The van der Waals surface area contributed by atoms with Gasteiger partial charge in [0.2, 0.25) is 0 Å². The van der Waals surface area contributed by atoms with Crippen LogP contribution >= 0.6 is 11.8 Å². The molecule has 1 N–H and O–H groups in total. The Morgan fingerprint density at radius 3 is 2.68 bits per heavy atom. The molecule has 28 heavy (non-hydrogen) atoms. The summed E-state index contributed by atoms with van der Waals surface area (Å²) in [4.78, 5) is 3.23. The second kappa shape index (κ2) is 7.35. The Morgan fingerprint density at radius 1 is 1.07 bits per heavy atom. The second-order valence-corrected chi connectivity index (χ2v) is 7.23. The van der Waals surface area contributed by atoms with Crippen molar-refractivity contribution in [3.63, 3.8) is 0 Å². The van der Waals surface area contributed by atoms with E-state index in [1.807, 2.05) is 42.0 Å². The van der Waals surface area contributed by atoms with Gasteiger partial charge in [0, 0.05) is 35.0 Å². The predicted molar refractivity (Wildman–Crippen MR) is 104 cm³/mol. The van der Waals surface area contributed by atoms with Crippen LogP contribution in [0.2, 0.25) is 0 Å². The molecule has 0 saturated carbocycles. The molecule has 0 unspecified atom stereocenters. The van der Waals surface area contributed by atoms with E-state index in [4.69, 9.17) is 0 Å². The van der Waals surface area contributed by atoms with Gasteiger partial charge in [0.05, 0.1) is 5.56 Å². The molecule has 0 saturated heterocycles. The first kappa shape index (κ1) is 18.6. The highest BCUT2D eigenvalue weighted by Crippen LogP contribution is 2.33. The van der Waals surface area contributed by atoms with Gasteiger partial charge in [0.15, 0.2) is 11.0 Å². The lowest BCUT2D eigenvalue weighted by Gasteiger charge is -2.09. The normalized spacial score (nSPS) is 12.0. The first-order chi connectivity index (χ1) is 13.5. The van der Waals surface area contributed by atoms with Crippen molar-refractivity contribution >= 4 is 22.7 Å². The maximum atomic E-state index is 12.9. The number of fused-ring (bicyclic) bond motifs is 1. The van der Waals surface area contributed by atoms with E-state index in [0.29, 0.717) is 23.0 Å². The number of aromatic nitrogens is 4. The molecule has 0 radical (unpaired) electrons. The van der Waals surface area contributed by atoms with Gasteiger partial charge in [-0.2, -0.15) is 13.2 Å². The van der Waals surface area contributed by atoms with Gasteiger partial charge in [0.25, 0.3) is 0 Å². The largest absolute Gasteiger partial charge is 0.416 e. The van der Waals surface area contributed by atoms with E-state index in [2.05, 4.69) is 15.2 Å². The summed E-state index contributed by atoms with van der Waals surface area (Å²) in [6.07, 6.45) is -2.44. The Labute approximate surface area is 163 Å². The highest BCUT2D eigenvalue weighted by atomic mass is 32.2. The fourth-order valence-electron chi connectivity index (χ4n) is 3.12. The van der Waals surface area contributed by atoms with E-state index in [1.165, 1.54) is 23.9 Å². The van der Waals surface area contributed by atoms with Crippen LogP contribution in [0.4, 0.5) is 13.2 Å². The average Bonchev–Trinajstić information content (AvgIpc) is 3.29. The number of thioether (sulfide) groups is 1. The van der Waals surface area contributed by atoms with Crippen molar-refractivity contribution < 1.29 is 13.2 Å². The summed E-state index contributed by atoms with van der Waals surface area (Å²) in [5.41, 5.74) is 1.93. The quantitative estimate of drug-likeness (QED) is 0.432. The van der Waals surface area contributed by atoms with Crippen molar-refractivity contribution in [3.05, 3.63) is 65.9 Å². The number of benzene rings is 2. The number of aromatic amines is 1. The summed E-state index contributed by atoms with van der Waals surface area (Å²) in [5.74, 6) is 1.13. The molecule has 0 bridgehead atoms.